The number of rotatable bonds is 7. The van der Waals surface area contributed by atoms with Gasteiger partial charge in [0, 0.05) is 6.54 Å². The van der Waals surface area contributed by atoms with E-state index in [4.69, 9.17) is 5.73 Å². The Morgan fingerprint density at radius 3 is 2.47 bits per heavy atom. The first-order valence-corrected chi connectivity index (χ1v) is 5.75. The largest absolute Gasteiger partial charge is 0.328 e. The van der Waals surface area contributed by atoms with Crippen LogP contribution in [0.5, 0.6) is 0 Å². The molecule has 1 unspecified atom stereocenters. The topological polar surface area (TPSA) is 26.0 Å². The zero-order valence-corrected chi connectivity index (χ0v) is 10.2. The van der Waals surface area contributed by atoms with E-state index < -0.39 is 6.17 Å². The quantitative estimate of drug-likeness (QED) is 0.640. The lowest BCUT2D eigenvalue weighted by Crippen LogP contribution is -2.14. The summed E-state index contributed by atoms with van der Waals surface area (Å²) in [6.45, 7) is 6.44. The molecule has 0 aliphatic carbocycles. The number of hydrogen-bond acceptors (Lipinski definition) is 1. The fourth-order valence-corrected chi connectivity index (χ4v) is 1.34. The normalized spacial score (nSPS) is 13.8. The van der Waals surface area contributed by atoms with Crippen LogP contribution in [0.2, 0.25) is 0 Å². The Labute approximate surface area is 93.2 Å². The summed E-state index contributed by atoms with van der Waals surface area (Å²) in [6, 6.07) is 0. The van der Waals surface area contributed by atoms with Crippen molar-refractivity contribution in [3.8, 4) is 0 Å². The van der Waals surface area contributed by atoms with E-state index in [1.54, 1.807) is 0 Å². The Hall–Kier alpha value is -0.630. The Bertz CT molecular complexity index is 215. The monoisotopic (exact) mass is 213 g/mol. The zero-order valence-electron chi connectivity index (χ0n) is 10.2. The number of hydrogen-bond donors (Lipinski definition) is 1. The SMILES string of the molecule is CCC(=CCC=C(C)C)CCC(F)CN. The van der Waals surface area contributed by atoms with Crippen LogP contribution in [0.3, 0.4) is 0 Å². The number of nitrogens with two attached hydrogens (primary N) is 1. The molecule has 0 aromatic heterocycles. The van der Waals surface area contributed by atoms with Gasteiger partial charge in [-0.25, -0.2) is 4.39 Å². The third-order valence-electron chi connectivity index (χ3n) is 2.42. The molecule has 0 radical (unpaired) electrons. The maximum atomic E-state index is 12.9. The van der Waals surface area contributed by atoms with E-state index in [1.165, 1.54) is 11.1 Å². The van der Waals surface area contributed by atoms with Crippen LogP contribution in [0.1, 0.15) is 46.5 Å². The van der Waals surface area contributed by atoms with Crippen molar-refractivity contribution in [3.63, 3.8) is 0 Å². The second kappa shape index (κ2) is 8.66. The molecular weight excluding hydrogens is 189 g/mol. The first-order chi connectivity index (χ1) is 7.10. The van der Waals surface area contributed by atoms with Gasteiger partial charge < -0.3 is 5.73 Å². The van der Waals surface area contributed by atoms with Crippen molar-refractivity contribution in [3.05, 3.63) is 23.3 Å². The molecule has 2 N–H and O–H groups in total. The molecule has 0 fully saturated rings. The van der Waals surface area contributed by atoms with E-state index in [0.717, 1.165) is 19.3 Å². The third kappa shape index (κ3) is 8.37. The van der Waals surface area contributed by atoms with Gasteiger partial charge in [-0.05, 0) is 39.5 Å². The van der Waals surface area contributed by atoms with Crippen LogP contribution in [-0.4, -0.2) is 12.7 Å². The summed E-state index contributed by atoms with van der Waals surface area (Å²) in [5, 5.41) is 0. The average Bonchev–Trinajstić information content (AvgIpc) is 2.22. The van der Waals surface area contributed by atoms with Crippen molar-refractivity contribution >= 4 is 0 Å². The summed E-state index contributed by atoms with van der Waals surface area (Å²) in [5.74, 6) is 0. The van der Waals surface area contributed by atoms with Crippen molar-refractivity contribution in [2.75, 3.05) is 6.54 Å². The molecule has 0 heterocycles. The van der Waals surface area contributed by atoms with Gasteiger partial charge in [0.25, 0.3) is 0 Å². The van der Waals surface area contributed by atoms with Gasteiger partial charge in [-0.3, -0.25) is 0 Å². The fourth-order valence-electron chi connectivity index (χ4n) is 1.34. The maximum Gasteiger partial charge on any atom is 0.113 e. The van der Waals surface area contributed by atoms with E-state index in [-0.39, 0.29) is 6.54 Å². The first kappa shape index (κ1) is 14.4. The van der Waals surface area contributed by atoms with Crippen LogP contribution in [0, 0.1) is 0 Å². The molecule has 0 spiro atoms. The molecule has 0 aliphatic rings. The highest BCUT2D eigenvalue weighted by Gasteiger charge is 2.04. The molecule has 0 saturated carbocycles. The predicted molar refractivity (Wildman–Crippen MR) is 65.6 cm³/mol. The van der Waals surface area contributed by atoms with Crippen LogP contribution in [-0.2, 0) is 0 Å². The van der Waals surface area contributed by atoms with E-state index in [1.807, 2.05) is 0 Å². The van der Waals surface area contributed by atoms with Crippen LogP contribution in [0.4, 0.5) is 4.39 Å². The van der Waals surface area contributed by atoms with Gasteiger partial charge in [-0.15, -0.1) is 0 Å². The molecule has 2 heteroatoms. The van der Waals surface area contributed by atoms with Crippen LogP contribution < -0.4 is 5.73 Å². The smallest absolute Gasteiger partial charge is 0.113 e. The summed E-state index contributed by atoms with van der Waals surface area (Å²) in [4.78, 5) is 0. The van der Waals surface area contributed by atoms with Crippen molar-refractivity contribution in [2.45, 2.75) is 52.6 Å². The summed E-state index contributed by atoms with van der Waals surface area (Å²) in [6.07, 6.45) is 6.92. The summed E-state index contributed by atoms with van der Waals surface area (Å²) in [5.41, 5.74) is 7.90. The highest BCUT2D eigenvalue weighted by molar-refractivity contribution is 5.06. The minimum Gasteiger partial charge on any atom is -0.328 e. The minimum absolute atomic E-state index is 0.144. The summed E-state index contributed by atoms with van der Waals surface area (Å²) >= 11 is 0. The Kier molecular flexibility index (Phi) is 8.30. The minimum atomic E-state index is -0.844. The first-order valence-electron chi connectivity index (χ1n) is 5.75. The van der Waals surface area contributed by atoms with Gasteiger partial charge in [-0.1, -0.05) is 30.2 Å². The molecule has 88 valence electrons. The fraction of sp³-hybridized carbons (Fsp3) is 0.692. The van der Waals surface area contributed by atoms with Crippen molar-refractivity contribution in [2.24, 2.45) is 5.73 Å². The highest BCUT2D eigenvalue weighted by atomic mass is 19.1. The zero-order chi connectivity index (χ0) is 11.7. The van der Waals surface area contributed by atoms with Gasteiger partial charge in [0.15, 0.2) is 0 Å². The average molecular weight is 213 g/mol. The number of allylic oxidation sites excluding steroid dienone is 4. The number of halogens is 1. The maximum absolute atomic E-state index is 12.9. The van der Waals surface area contributed by atoms with Crippen LogP contribution in [0.25, 0.3) is 0 Å². The van der Waals surface area contributed by atoms with Gasteiger partial charge in [0.2, 0.25) is 0 Å². The molecule has 0 amide bonds. The predicted octanol–water partition coefficient (Wildman–Crippen LogP) is 3.76. The standard InChI is InChI=1S/C13H24FN/c1-4-12(7-5-6-11(2)3)8-9-13(14)10-15/h6-7,13H,4-5,8-10,15H2,1-3H3. The second-order valence-corrected chi connectivity index (χ2v) is 4.10. The lowest BCUT2D eigenvalue weighted by atomic mass is 10.0. The van der Waals surface area contributed by atoms with E-state index in [9.17, 15) is 4.39 Å². The van der Waals surface area contributed by atoms with Gasteiger partial charge in [0.1, 0.15) is 6.17 Å². The third-order valence-corrected chi connectivity index (χ3v) is 2.42. The molecule has 15 heavy (non-hydrogen) atoms. The van der Waals surface area contributed by atoms with Crippen molar-refractivity contribution in [1.29, 1.82) is 0 Å². The molecule has 0 saturated heterocycles. The molecule has 0 aliphatic heterocycles. The van der Waals surface area contributed by atoms with E-state index >= 15 is 0 Å². The molecular formula is C13H24FN. The van der Waals surface area contributed by atoms with Gasteiger partial charge >= 0.3 is 0 Å². The van der Waals surface area contributed by atoms with Crippen molar-refractivity contribution in [1.82, 2.24) is 0 Å². The molecule has 1 atom stereocenters. The Balaban J connectivity index is 3.96. The van der Waals surface area contributed by atoms with Crippen LogP contribution in [0.15, 0.2) is 23.3 Å². The summed E-state index contributed by atoms with van der Waals surface area (Å²) < 4.78 is 12.9. The molecule has 0 aromatic rings. The highest BCUT2D eigenvalue weighted by Crippen LogP contribution is 2.14. The van der Waals surface area contributed by atoms with Crippen molar-refractivity contribution < 1.29 is 4.39 Å². The molecule has 1 nitrogen and oxygen atoms in total. The molecule has 0 rings (SSSR count). The van der Waals surface area contributed by atoms with E-state index in [0.29, 0.717) is 6.42 Å². The Morgan fingerprint density at radius 2 is 2.00 bits per heavy atom. The second-order valence-electron chi connectivity index (χ2n) is 4.10. The van der Waals surface area contributed by atoms with E-state index in [2.05, 4.69) is 32.9 Å². The Morgan fingerprint density at radius 1 is 1.33 bits per heavy atom. The lowest BCUT2D eigenvalue weighted by Gasteiger charge is -2.07. The molecule has 0 aromatic carbocycles. The lowest BCUT2D eigenvalue weighted by molar-refractivity contribution is 0.322. The van der Waals surface area contributed by atoms with Gasteiger partial charge in [0.05, 0.1) is 0 Å². The van der Waals surface area contributed by atoms with Crippen LogP contribution >= 0.6 is 0 Å². The number of alkyl halides is 1. The molecule has 0 bridgehead atoms. The van der Waals surface area contributed by atoms with Gasteiger partial charge in [-0.2, -0.15) is 0 Å². The summed E-state index contributed by atoms with van der Waals surface area (Å²) in [7, 11) is 0.